The number of nitrogens with zero attached hydrogens (tertiary/aromatic N) is 2. The van der Waals surface area contributed by atoms with Crippen molar-refractivity contribution in [3.8, 4) is 0 Å². The minimum Gasteiger partial charge on any atom is -0.367 e. The first kappa shape index (κ1) is 14.4. The van der Waals surface area contributed by atoms with E-state index in [0.29, 0.717) is 0 Å². The molecule has 1 heterocycles. The molecule has 1 aliphatic carbocycles. The summed E-state index contributed by atoms with van der Waals surface area (Å²) in [5.74, 6) is 0.877. The Balaban J connectivity index is 2.11. The molecular weight excluding hydrogens is 238 g/mol. The highest BCUT2D eigenvalue weighted by Gasteiger charge is 2.39. The van der Waals surface area contributed by atoms with E-state index >= 15 is 0 Å². The van der Waals surface area contributed by atoms with Crippen LogP contribution in [-0.4, -0.2) is 23.1 Å². The Morgan fingerprint density at radius 1 is 1.32 bits per heavy atom. The van der Waals surface area contributed by atoms with Crippen LogP contribution in [0.1, 0.15) is 57.5 Å². The summed E-state index contributed by atoms with van der Waals surface area (Å²) in [5.41, 5.74) is 0.833. The zero-order chi connectivity index (χ0) is 13.6. The van der Waals surface area contributed by atoms with Crippen molar-refractivity contribution in [3.63, 3.8) is 0 Å². The molecule has 0 radical (unpaired) electrons. The molecule has 4 heteroatoms. The topological polar surface area (TPSA) is 47.0 Å². The fraction of sp³-hybridized carbons (Fsp3) is 0.733. The van der Waals surface area contributed by atoms with Gasteiger partial charge in [-0.2, -0.15) is 0 Å². The van der Waals surface area contributed by atoms with E-state index in [9.17, 15) is 0 Å². The van der Waals surface area contributed by atoms with Gasteiger partial charge in [0.2, 0.25) is 0 Å². The Morgan fingerprint density at radius 2 is 2.11 bits per heavy atom. The average molecular weight is 263 g/mol. The lowest BCUT2D eigenvalue weighted by Crippen LogP contribution is -2.29. The van der Waals surface area contributed by atoms with Crippen molar-refractivity contribution in [2.24, 2.45) is 0 Å². The van der Waals surface area contributed by atoms with Crippen LogP contribution >= 0.6 is 0 Å². The molecule has 0 spiro atoms. The van der Waals surface area contributed by atoms with Crippen molar-refractivity contribution in [3.05, 3.63) is 23.8 Å². The molecule has 1 saturated carbocycles. The van der Waals surface area contributed by atoms with Crippen molar-refractivity contribution in [2.45, 2.75) is 58.1 Å². The summed E-state index contributed by atoms with van der Waals surface area (Å²) >= 11 is 0. The van der Waals surface area contributed by atoms with Crippen molar-refractivity contribution >= 4 is 0 Å². The molecule has 2 rings (SSSR count). The van der Waals surface area contributed by atoms with Crippen LogP contribution < -0.4 is 5.32 Å². The van der Waals surface area contributed by atoms with Gasteiger partial charge in [-0.3, -0.25) is 0 Å². The van der Waals surface area contributed by atoms with E-state index in [4.69, 9.17) is 9.72 Å². The summed E-state index contributed by atoms with van der Waals surface area (Å²) in [6, 6.07) is 1.99. The first-order valence-corrected chi connectivity index (χ1v) is 7.48. The number of nitrogens with one attached hydrogen (secondary N) is 1. The molecule has 1 N–H and O–H groups in total. The molecule has 19 heavy (non-hydrogen) atoms. The van der Waals surface area contributed by atoms with Crippen LogP contribution in [0.5, 0.6) is 0 Å². The third-order valence-electron chi connectivity index (χ3n) is 3.69. The van der Waals surface area contributed by atoms with Crippen molar-refractivity contribution in [1.29, 1.82) is 0 Å². The largest absolute Gasteiger partial charge is 0.367 e. The number of hydrogen-bond acceptors (Lipinski definition) is 4. The van der Waals surface area contributed by atoms with Crippen LogP contribution in [0, 0.1) is 0 Å². The molecule has 0 bridgehead atoms. The Labute approximate surface area is 116 Å². The van der Waals surface area contributed by atoms with Crippen LogP contribution in [0.3, 0.4) is 0 Å². The molecule has 1 aromatic rings. The summed E-state index contributed by atoms with van der Waals surface area (Å²) in [6.45, 7) is 6.77. The third kappa shape index (κ3) is 3.51. The number of hydrogen-bond donors (Lipinski definition) is 1. The van der Waals surface area contributed by atoms with Crippen LogP contribution in [0.2, 0.25) is 0 Å². The lowest BCUT2D eigenvalue weighted by molar-refractivity contribution is -0.0458. The second kappa shape index (κ2) is 6.96. The molecule has 1 aromatic heterocycles. The Kier molecular flexibility index (Phi) is 5.28. The highest BCUT2D eigenvalue weighted by atomic mass is 16.5. The number of rotatable bonds is 7. The molecule has 0 aromatic carbocycles. The van der Waals surface area contributed by atoms with Crippen LogP contribution in [0.4, 0.5) is 0 Å². The maximum atomic E-state index is 6.01. The van der Waals surface area contributed by atoms with Crippen LogP contribution in [-0.2, 0) is 16.9 Å². The van der Waals surface area contributed by atoms with Crippen molar-refractivity contribution in [2.75, 3.05) is 13.2 Å². The van der Waals surface area contributed by atoms with E-state index in [1.54, 1.807) is 0 Å². The fourth-order valence-corrected chi connectivity index (χ4v) is 2.76. The summed E-state index contributed by atoms with van der Waals surface area (Å²) < 4.78 is 6.01. The molecule has 106 valence electrons. The quantitative estimate of drug-likeness (QED) is 0.768. The predicted molar refractivity (Wildman–Crippen MR) is 75.8 cm³/mol. The van der Waals surface area contributed by atoms with E-state index in [2.05, 4.69) is 17.2 Å². The van der Waals surface area contributed by atoms with E-state index in [-0.39, 0.29) is 5.60 Å². The predicted octanol–water partition coefficient (Wildman–Crippen LogP) is 2.78. The Hall–Kier alpha value is -1.00. The monoisotopic (exact) mass is 263 g/mol. The van der Waals surface area contributed by atoms with Crippen molar-refractivity contribution < 1.29 is 4.74 Å². The summed E-state index contributed by atoms with van der Waals surface area (Å²) in [5, 5.41) is 3.38. The minimum absolute atomic E-state index is 0.227. The molecular formula is C15H25N3O. The second-order valence-electron chi connectivity index (χ2n) is 5.18. The molecule has 0 atom stereocenters. The molecule has 0 amide bonds. The SMILES string of the molecule is CCCNCc1ccnc(C2(OCC)CCCC2)n1. The van der Waals surface area contributed by atoms with Gasteiger partial charge >= 0.3 is 0 Å². The summed E-state index contributed by atoms with van der Waals surface area (Å²) in [7, 11) is 0. The smallest absolute Gasteiger partial charge is 0.160 e. The summed E-state index contributed by atoms with van der Waals surface area (Å²) in [6.07, 6.45) is 7.52. The molecule has 0 saturated heterocycles. The van der Waals surface area contributed by atoms with Gasteiger partial charge in [-0.25, -0.2) is 9.97 Å². The minimum atomic E-state index is -0.227. The van der Waals surface area contributed by atoms with Gasteiger partial charge in [-0.1, -0.05) is 6.92 Å². The van der Waals surface area contributed by atoms with Crippen LogP contribution in [0.25, 0.3) is 0 Å². The van der Waals surface area contributed by atoms with Gasteiger partial charge in [-0.15, -0.1) is 0 Å². The lowest BCUT2D eigenvalue weighted by atomic mass is 10.0. The highest BCUT2D eigenvalue weighted by Crippen LogP contribution is 2.40. The standard InChI is InChI=1S/C15H25N3O/c1-3-10-16-12-13-7-11-17-14(18-13)15(19-4-2)8-5-6-9-15/h7,11,16H,3-6,8-10,12H2,1-2H3. The maximum absolute atomic E-state index is 6.01. The van der Waals surface area contributed by atoms with Gasteiger partial charge in [0, 0.05) is 19.3 Å². The normalized spacial score (nSPS) is 17.8. The van der Waals surface area contributed by atoms with E-state index in [1.165, 1.54) is 12.8 Å². The zero-order valence-corrected chi connectivity index (χ0v) is 12.1. The van der Waals surface area contributed by atoms with Gasteiger partial charge < -0.3 is 10.1 Å². The highest BCUT2D eigenvalue weighted by molar-refractivity contribution is 5.10. The average Bonchev–Trinajstić information content (AvgIpc) is 2.90. The lowest BCUT2D eigenvalue weighted by Gasteiger charge is -2.27. The van der Waals surface area contributed by atoms with Gasteiger partial charge in [0.15, 0.2) is 5.82 Å². The van der Waals surface area contributed by atoms with Crippen LogP contribution in [0.15, 0.2) is 12.3 Å². The zero-order valence-electron chi connectivity index (χ0n) is 12.1. The van der Waals surface area contributed by atoms with E-state index in [1.807, 2.05) is 19.2 Å². The number of ether oxygens (including phenoxy) is 1. The molecule has 1 fully saturated rings. The second-order valence-corrected chi connectivity index (χ2v) is 5.18. The van der Waals surface area contributed by atoms with Gasteiger partial charge in [0.1, 0.15) is 5.60 Å². The number of aromatic nitrogens is 2. The molecule has 4 nitrogen and oxygen atoms in total. The van der Waals surface area contributed by atoms with Gasteiger partial charge in [0.25, 0.3) is 0 Å². The Bertz CT molecular complexity index is 389. The Morgan fingerprint density at radius 3 is 2.79 bits per heavy atom. The van der Waals surface area contributed by atoms with E-state index in [0.717, 1.165) is 50.5 Å². The third-order valence-corrected chi connectivity index (χ3v) is 3.69. The molecule has 1 aliphatic rings. The van der Waals surface area contributed by atoms with Crippen molar-refractivity contribution in [1.82, 2.24) is 15.3 Å². The molecule has 0 aliphatic heterocycles. The maximum Gasteiger partial charge on any atom is 0.160 e. The summed E-state index contributed by atoms with van der Waals surface area (Å²) in [4.78, 5) is 9.20. The van der Waals surface area contributed by atoms with Gasteiger partial charge in [-0.05, 0) is 51.6 Å². The first-order valence-electron chi connectivity index (χ1n) is 7.48. The molecule has 0 unspecified atom stereocenters. The van der Waals surface area contributed by atoms with E-state index < -0.39 is 0 Å². The first-order chi connectivity index (χ1) is 9.30. The fourth-order valence-electron chi connectivity index (χ4n) is 2.76. The van der Waals surface area contributed by atoms with Gasteiger partial charge in [0.05, 0.1) is 5.69 Å².